The zero-order valence-corrected chi connectivity index (χ0v) is 18.0. The first-order valence-corrected chi connectivity index (χ1v) is 11.0. The Morgan fingerprint density at radius 3 is 2.66 bits per heavy atom. The Kier molecular flexibility index (Phi) is 4.62. The summed E-state index contributed by atoms with van der Waals surface area (Å²) in [5, 5.41) is 2.49. The summed E-state index contributed by atoms with van der Waals surface area (Å²) >= 11 is 0. The van der Waals surface area contributed by atoms with Crippen molar-refractivity contribution in [3.05, 3.63) is 95.6 Å². The van der Waals surface area contributed by atoms with E-state index in [4.69, 9.17) is 9.97 Å². The smallest absolute Gasteiger partial charge is 0.159 e. The number of nitrogens with zero attached hydrogens (tertiary/aromatic N) is 5. The lowest BCUT2D eigenvalue weighted by Gasteiger charge is -2.29. The van der Waals surface area contributed by atoms with Gasteiger partial charge in [0.15, 0.2) is 5.82 Å². The van der Waals surface area contributed by atoms with Gasteiger partial charge in [0.2, 0.25) is 0 Å². The van der Waals surface area contributed by atoms with Gasteiger partial charge in [0, 0.05) is 66.5 Å². The molecule has 5 heteroatoms. The normalized spacial score (nSPS) is 14.0. The van der Waals surface area contributed by atoms with Gasteiger partial charge in [0.25, 0.3) is 0 Å². The van der Waals surface area contributed by atoms with Gasteiger partial charge in [-0.1, -0.05) is 29.8 Å². The molecular formula is C27H23N5. The van der Waals surface area contributed by atoms with Crippen LogP contribution >= 0.6 is 0 Å². The Hall–Kier alpha value is -3.70. The van der Waals surface area contributed by atoms with Crippen molar-refractivity contribution >= 4 is 21.8 Å². The Morgan fingerprint density at radius 1 is 0.906 bits per heavy atom. The molecule has 156 valence electrons. The minimum Gasteiger partial charge on any atom is -0.294 e. The molecule has 0 fully saturated rings. The van der Waals surface area contributed by atoms with Crippen LogP contribution < -0.4 is 0 Å². The lowest BCUT2D eigenvalue weighted by atomic mass is 9.99. The molecule has 2 aromatic carbocycles. The largest absolute Gasteiger partial charge is 0.294 e. The van der Waals surface area contributed by atoms with E-state index < -0.39 is 0 Å². The fourth-order valence-corrected chi connectivity index (χ4v) is 4.63. The monoisotopic (exact) mass is 417 g/mol. The van der Waals surface area contributed by atoms with E-state index in [2.05, 4.69) is 64.3 Å². The van der Waals surface area contributed by atoms with Crippen LogP contribution in [0.5, 0.6) is 0 Å². The number of para-hydroxylation sites is 1. The molecule has 3 aromatic heterocycles. The Morgan fingerprint density at radius 2 is 1.75 bits per heavy atom. The van der Waals surface area contributed by atoms with Crippen LogP contribution in [0.15, 0.2) is 73.2 Å². The molecule has 0 bridgehead atoms. The van der Waals surface area contributed by atoms with Crippen molar-refractivity contribution in [2.24, 2.45) is 0 Å². The van der Waals surface area contributed by atoms with Crippen LogP contribution in [0.4, 0.5) is 0 Å². The van der Waals surface area contributed by atoms with Crippen molar-refractivity contribution in [1.29, 1.82) is 0 Å². The number of aryl methyl sites for hydroxylation is 1. The van der Waals surface area contributed by atoms with Gasteiger partial charge >= 0.3 is 0 Å². The first-order chi connectivity index (χ1) is 15.7. The molecule has 0 radical (unpaired) electrons. The summed E-state index contributed by atoms with van der Waals surface area (Å²) in [5.41, 5.74) is 8.11. The van der Waals surface area contributed by atoms with Crippen LogP contribution in [0.2, 0.25) is 0 Å². The molecule has 6 rings (SSSR count). The second-order valence-electron chi connectivity index (χ2n) is 8.49. The molecule has 32 heavy (non-hydrogen) atoms. The maximum atomic E-state index is 4.90. The minimum absolute atomic E-state index is 0.779. The number of pyridine rings is 2. The molecule has 0 saturated heterocycles. The quantitative estimate of drug-likeness (QED) is 0.382. The van der Waals surface area contributed by atoms with Crippen molar-refractivity contribution in [2.75, 3.05) is 6.54 Å². The standard InChI is InChI=1S/C27H23N5/c1-18-6-7-26-22(14-18)23(21-4-2-3-5-25(21)30-26)17-32-13-10-24-20(16-32)15-29-27(31-24)19-8-11-28-12-9-19/h2-9,11-12,14-15H,10,13,16-17H2,1H3. The maximum Gasteiger partial charge on any atom is 0.159 e. The second-order valence-corrected chi connectivity index (χ2v) is 8.49. The van der Waals surface area contributed by atoms with Gasteiger partial charge in [0.05, 0.1) is 16.7 Å². The van der Waals surface area contributed by atoms with Gasteiger partial charge in [-0.15, -0.1) is 0 Å². The predicted octanol–water partition coefficient (Wildman–Crippen LogP) is 5.11. The fraction of sp³-hybridized carbons (Fsp3) is 0.185. The lowest BCUT2D eigenvalue weighted by Crippen LogP contribution is -2.31. The van der Waals surface area contributed by atoms with Crippen molar-refractivity contribution in [1.82, 2.24) is 24.8 Å². The fourth-order valence-electron chi connectivity index (χ4n) is 4.63. The molecule has 4 heterocycles. The van der Waals surface area contributed by atoms with E-state index in [-0.39, 0.29) is 0 Å². The van der Waals surface area contributed by atoms with Gasteiger partial charge < -0.3 is 0 Å². The first kappa shape index (κ1) is 19.0. The van der Waals surface area contributed by atoms with Gasteiger partial charge in [-0.25, -0.2) is 15.0 Å². The molecule has 5 aromatic rings. The average Bonchev–Trinajstić information content (AvgIpc) is 2.84. The van der Waals surface area contributed by atoms with Gasteiger partial charge in [-0.2, -0.15) is 0 Å². The van der Waals surface area contributed by atoms with Crippen LogP contribution in [0.25, 0.3) is 33.2 Å². The first-order valence-electron chi connectivity index (χ1n) is 11.0. The highest BCUT2D eigenvalue weighted by atomic mass is 15.1. The summed E-state index contributed by atoms with van der Waals surface area (Å²) in [5.74, 6) is 0.779. The lowest BCUT2D eigenvalue weighted by molar-refractivity contribution is 0.244. The summed E-state index contributed by atoms with van der Waals surface area (Å²) in [4.78, 5) is 21.0. The van der Waals surface area contributed by atoms with Crippen molar-refractivity contribution < 1.29 is 0 Å². The summed E-state index contributed by atoms with van der Waals surface area (Å²) in [6.45, 7) is 4.86. The van der Waals surface area contributed by atoms with Crippen LogP contribution in [0, 0.1) is 6.92 Å². The Balaban J connectivity index is 1.35. The van der Waals surface area contributed by atoms with E-state index in [1.165, 1.54) is 27.5 Å². The molecule has 0 atom stereocenters. The molecule has 0 unspecified atom stereocenters. The molecule has 0 aliphatic carbocycles. The minimum atomic E-state index is 0.779. The van der Waals surface area contributed by atoms with E-state index in [0.29, 0.717) is 0 Å². The van der Waals surface area contributed by atoms with Gasteiger partial charge in [0.1, 0.15) is 0 Å². The van der Waals surface area contributed by atoms with Gasteiger partial charge in [-0.05, 0) is 42.8 Å². The summed E-state index contributed by atoms with van der Waals surface area (Å²) in [6.07, 6.45) is 6.49. The topological polar surface area (TPSA) is 54.8 Å². The third kappa shape index (κ3) is 3.41. The Labute approximate surface area is 186 Å². The molecule has 0 spiro atoms. The van der Waals surface area contributed by atoms with Gasteiger partial charge in [-0.3, -0.25) is 9.88 Å². The number of aromatic nitrogens is 4. The molecule has 5 nitrogen and oxygen atoms in total. The molecule has 0 saturated carbocycles. The van der Waals surface area contributed by atoms with Crippen LogP contribution in [0.1, 0.15) is 22.4 Å². The third-order valence-electron chi connectivity index (χ3n) is 6.28. The summed E-state index contributed by atoms with van der Waals surface area (Å²) in [7, 11) is 0. The average molecular weight is 418 g/mol. The molecule has 1 aliphatic rings. The number of hydrogen-bond acceptors (Lipinski definition) is 5. The van der Waals surface area contributed by atoms with E-state index in [0.717, 1.165) is 54.2 Å². The Bertz CT molecular complexity index is 1450. The predicted molar refractivity (Wildman–Crippen MR) is 127 cm³/mol. The summed E-state index contributed by atoms with van der Waals surface area (Å²) in [6, 6.07) is 18.9. The number of benzene rings is 2. The SMILES string of the molecule is Cc1ccc2nc3ccccc3c(CN3CCc4nc(-c5ccncc5)ncc4C3)c2c1. The zero-order chi connectivity index (χ0) is 21.5. The molecule has 0 N–H and O–H groups in total. The highest BCUT2D eigenvalue weighted by Gasteiger charge is 2.21. The number of fused-ring (bicyclic) bond motifs is 3. The highest BCUT2D eigenvalue weighted by molar-refractivity contribution is 5.97. The van der Waals surface area contributed by atoms with E-state index in [1.54, 1.807) is 12.4 Å². The molecule has 0 amide bonds. The van der Waals surface area contributed by atoms with Crippen LogP contribution in [0.3, 0.4) is 0 Å². The van der Waals surface area contributed by atoms with Crippen molar-refractivity contribution in [3.8, 4) is 11.4 Å². The van der Waals surface area contributed by atoms with E-state index in [1.807, 2.05) is 18.3 Å². The van der Waals surface area contributed by atoms with Crippen LogP contribution in [-0.4, -0.2) is 31.4 Å². The molecule has 1 aliphatic heterocycles. The number of rotatable bonds is 3. The second kappa shape index (κ2) is 7.77. The zero-order valence-electron chi connectivity index (χ0n) is 18.0. The van der Waals surface area contributed by atoms with Crippen molar-refractivity contribution in [3.63, 3.8) is 0 Å². The van der Waals surface area contributed by atoms with E-state index in [9.17, 15) is 0 Å². The molecular weight excluding hydrogens is 394 g/mol. The van der Waals surface area contributed by atoms with Crippen LogP contribution in [-0.2, 0) is 19.5 Å². The highest BCUT2D eigenvalue weighted by Crippen LogP contribution is 2.30. The third-order valence-corrected chi connectivity index (χ3v) is 6.28. The van der Waals surface area contributed by atoms with Crippen molar-refractivity contribution in [2.45, 2.75) is 26.4 Å². The maximum absolute atomic E-state index is 4.90. The van der Waals surface area contributed by atoms with E-state index >= 15 is 0 Å². The summed E-state index contributed by atoms with van der Waals surface area (Å²) < 4.78 is 0. The number of hydrogen-bond donors (Lipinski definition) is 0.